The quantitative estimate of drug-likeness (QED) is 0.664. The minimum Gasteiger partial charge on any atom is -0.479 e. The van der Waals surface area contributed by atoms with Crippen LogP contribution < -0.4 is 5.32 Å². The van der Waals surface area contributed by atoms with E-state index in [4.69, 9.17) is 10.2 Å². The minimum absolute atomic E-state index is 0.250. The van der Waals surface area contributed by atoms with Crippen molar-refractivity contribution in [2.24, 2.45) is 5.92 Å². The van der Waals surface area contributed by atoms with Gasteiger partial charge >= 0.3 is 12.0 Å². The summed E-state index contributed by atoms with van der Waals surface area (Å²) in [6, 6.07) is -0.292. The molecule has 0 spiro atoms. The molecule has 17 heavy (non-hydrogen) atoms. The van der Waals surface area contributed by atoms with Gasteiger partial charge in [-0.3, -0.25) is 0 Å². The number of likely N-dealkylation sites (tertiary alicyclic amines) is 1. The summed E-state index contributed by atoms with van der Waals surface area (Å²) in [5.74, 6) is -0.702. The number of nitrogens with zero attached hydrogens (tertiary/aromatic N) is 1. The SMILES string of the molecule is CC1CCCN(C(=O)NCC(O)C(=O)O)CC1. The molecule has 0 aromatic heterocycles. The third kappa shape index (κ3) is 4.60. The molecule has 0 bridgehead atoms. The van der Waals surface area contributed by atoms with Crippen LogP contribution in [-0.4, -0.2) is 52.9 Å². The highest BCUT2D eigenvalue weighted by atomic mass is 16.4. The van der Waals surface area contributed by atoms with E-state index >= 15 is 0 Å². The lowest BCUT2D eigenvalue weighted by Gasteiger charge is -2.21. The molecule has 1 rings (SSSR count). The zero-order valence-electron chi connectivity index (χ0n) is 10.1. The number of carboxylic acid groups (broad SMARTS) is 1. The number of hydrogen-bond acceptors (Lipinski definition) is 3. The van der Waals surface area contributed by atoms with Gasteiger partial charge in [-0.15, -0.1) is 0 Å². The maximum Gasteiger partial charge on any atom is 0.334 e. The second-order valence-electron chi connectivity index (χ2n) is 4.56. The van der Waals surface area contributed by atoms with Crippen LogP contribution in [0.25, 0.3) is 0 Å². The first kappa shape index (κ1) is 13.8. The van der Waals surface area contributed by atoms with Crippen LogP contribution in [0, 0.1) is 5.92 Å². The van der Waals surface area contributed by atoms with Crippen LogP contribution >= 0.6 is 0 Å². The molecule has 3 N–H and O–H groups in total. The van der Waals surface area contributed by atoms with E-state index in [2.05, 4.69) is 12.2 Å². The number of carbonyl (C=O) groups is 2. The van der Waals surface area contributed by atoms with Crippen molar-refractivity contribution in [2.75, 3.05) is 19.6 Å². The van der Waals surface area contributed by atoms with E-state index in [-0.39, 0.29) is 12.6 Å². The zero-order chi connectivity index (χ0) is 12.8. The lowest BCUT2D eigenvalue weighted by Crippen LogP contribution is -2.44. The summed E-state index contributed by atoms with van der Waals surface area (Å²) in [5.41, 5.74) is 0. The molecule has 0 aromatic rings. The van der Waals surface area contributed by atoms with Crippen LogP contribution in [0.5, 0.6) is 0 Å². The normalized spacial score (nSPS) is 22.7. The molecule has 0 saturated carbocycles. The molecule has 2 unspecified atom stereocenters. The Kier molecular flexibility index (Phi) is 5.21. The molecule has 0 aliphatic carbocycles. The summed E-state index contributed by atoms with van der Waals surface area (Å²) in [5, 5.41) is 19.9. The fourth-order valence-corrected chi connectivity index (χ4v) is 1.85. The molecular weight excluding hydrogens is 224 g/mol. The van der Waals surface area contributed by atoms with Gasteiger partial charge < -0.3 is 20.4 Å². The van der Waals surface area contributed by atoms with Crippen molar-refractivity contribution < 1.29 is 19.8 Å². The van der Waals surface area contributed by atoms with E-state index in [1.807, 2.05) is 0 Å². The van der Waals surface area contributed by atoms with Crippen LogP contribution in [-0.2, 0) is 4.79 Å². The lowest BCUT2D eigenvalue weighted by molar-refractivity contribution is -0.146. The molecular formula is C11H20N2O4. The van der Waals surface area contributed by atoms with Gasteiger partial charge in [-0.25, -0.2) is 9.59 Å². The second-order valence-corrected chi connectivity index (χ2v) is 4.56. The summed E-state index contributed by atoms with van der Waals surface area (Å²) in [7, 11) is 0. The van der Waals surface area contributed by atoms with E-state index < -0.39 is 12.1 Å². The highest BCUT2D eigenvalue weighted by Gasteiger charge is 2.20. The van der Waals surface area contributed by atoms with Crippen LogP contribution in [0.15, 0.2) is 0 Å². The van der Waals surface area contributed by atoms with Crippen molar-refractivity contribution in [1.29, 1.82) is 0 Å². The topological polar surface area (TPSA) is 89.9 Å². The highest BCUT2D eigenvalue weighted by Crippen LogP contribution is 2.16. The molecule has 1 fully saturated rings. The Morgan fingerprint density at radius 3 is 2.76 bits per heavy atom. The number of carboxylic acids is 1. The largest absolute Gasteiger partial charge is 0.479 e. The summed E-state index contributed by atoms with van der Waals surface area (Å²) in [6.07, 6.45) is 1.51. The Morgan fingerprint density at radius 1 is 1.41 bits per heavy atom. The Balaban J connectivity index is 2.34. The van der Waals surface area contributed by atoms with Crippen molar-refractivity contribution in [3.63, 3.8) is 0 Å². The van der Waals surface area contributed by atoms with Gasteiger partial charge in [0.2, 0.25) is 0 Å². The summed E-state index contributed by atoms with van der Waals surface area (Å²) in [4.78, 5) is 23.7. The van der Waals surface area contributed by atoms with Crippen molar-refractivity contribution in [3.05, 3.63) is 0 Å². The zero-order valence-corrected chi connectivity index (χ0v) is 10.1. The van der Waals surface area contributed by atoms with E-state index in [1.54, 1.807) is 4.90 Å². The van der Waals surface area contributed by atoms with Crippen LogP contribution in [0.2, 0.25) is 0 Å². The van der Waals surface area contributed by atoms with Gasteiger partial charge in [0.1, 0.15) is 0 Å². The van der Waals surface area contributed by atoms with Crippen LogP contribution in [0.3, 0.4) is 0 Å². The monoisotopic (exact) mass is 244 g/mol. The molecule has 1 aliphatic heterocycles. The van der Waals surface area contributed by atoms with Crippen LogP contribution in [0.1, 0.15) is 26.2 Å². The fourth-order valence-electron chi connectivity index (χ4n) is 1.85. The smallest absolute Gasteiger partial charge is 0.334 e. The summed E-state index contributed by atoms with van der Waals surface area (Å²) >= 11 is 0. The number of amides is 2. The molecule has 6 nitrogen and oxygen atoms in total. The first-order chi connectivity index (χ1) is 8.00. The maximum atomic E-state index is 11.7. The van der Waals surface area contributed by atoms with Crippen LogP contribution in [0.4, 0.5) is 4.79 Å². The Labute approximate surface area is 101 Å². The Bertz CT molecular complexity index is 283. The molecule has 2 atom stereocenters. The van der Waals surface area contributed by atoms with E-state index in [9.17, 15) is 9.59 Å². The number of rotatable bonds is 3. The van der Waals surface area contributed by atoms with Gasteiger partial charge in [-0.1, -0.05) is 6.92 Å². The number of aliphatic hydroxyl groups excluding tert-OH is 1. The Morgan fingerprint density at radius 2 is 2.12 bits per heavy atom. The first-order valence-corrected chi connectivity index (χ1v) is 5.94. The highest BCUT2D eigenvalue weighted by molar-refractivity contribution is 5.76. The number of hydrogen-bond donors (Lipinski definition) is 3. The van der Waals surface area contributed by atoms with Gasteiger partial charge in [0.05, 0.1) is 6.54 Å². The van der Waals surface area contributed by atoms with Gasteiger partial charge in [0.25, 0.3) is 0 Å². The number of aliphatic carboxylic acids is 1. The standard InChI is InChI=1S/C11H20N2O4/c1-8-3-2-5-13(6-4-8)11(17)12-7-9(14)10(15)16/h8-9,14H,2-7H2,1H3,(H,12,17)(H,15,16). The number of urea groups is 1. The van der Waals surface area contributed by atoms with E-state index in [0.717, 1.165) is 19.3 Å². The van der Waals surface area contributed by atoms with E-state index in [0.29, 0.717) is 19.0 Å². The van der Waals surface area contributed by atoms with Gasteiger partial charge in [0, 0.05) is 13.1 Å². The number of aliphatic hydroxyl groups is 1. The van der Waals surface area contributed by atoms with Gasteiger partial charge in [-0.05, 0) is 25.2 Å². The molecule has 1 saturated heterocycles. The lowest BCUT2D eigenvalue weighted by atomic mass is 10.0. The summed E-state index contributed by atoms with van der Waals surface area (Å²) in [6.45, 7) is 3.30. The molecule has 98 valence electrons. The molecule has 1 heterocycles. The minimum atomic E-state index is -1.54. The van der Waals surface area contributed by atoms with Crippen molar-refractivity contribution in [1.82, 2.24) is 10.2 Å². The van der Waals surface area contributed by atoms with Crippen molar-refractivity contribution in [3.8, 4) is 0 Å². The average Bonchev–Trinajstić information content (AvgIpc) is 2.50. The summed E-state index contributed by atoms with van der Waals surface area (Å²) < 4.78 is 0. The van der Waals surface area contributed by atoms with Crippen molar-refractivity contribution in [2.45, 2.75) is 32.3 Å². The Hall–Kier alpha value is -1.30. The van der Waals surface area contributed by atoms with Gasteiger partial charge in [-0.2, -0.15) is 0 Å². The second kappa shape index (κ2) is 6.44. The molecule has 6 heteroatoms. The first-order valence-electron chi connectivity index (χ1n) is 5.94. The predicted octanol–water partition coefficient (Wildman–Crippen LogP) is 0.263. The van der Waals surface area contributed by atoms with Gasteiger partial charge in [0.15, 0.2) is 6.10 Å². The molecule has 2 amide bonds. The molecule has 1 aliphatic rings. The predicted molar refractivity (Wildman–Crippen MR) is 61.6 cm³/mol. The maximum absolute atomic E-state index is 11.7. The van der Waals surface area contributed by atoms with Crippen molar-refractivity contribution >= 4 is 12.0 Å². The average molecular weight is 244 g/mol. The number of nitrogens with one attached hydrogen (secondary N) is 1. The number of carbonyl (C=O) groups excluding carboxylic acids is 1. The molecule has 0 radical (unpaired) electrons. The molecule has 0 aromatic carbocycles. The third-order valence-electron chi connectivity index (χ3n) is 3.04. The third-order valence-corrected chi connectivity index (χ3v) is 3.04. The van der Waals surface area contributed by atoms with E-state index in [1.165, 1.54) is 0 Å². The fraction of sp³-hybridized carbons (Fsp3) is 0.818.